The SMILES string of the molecule is [C-]#[N+]c1ccc2c(c1)cc(I)n2S(=O)(=O)c1ccccc1. The molecule has 4 nitrogen and oxygen atoms in total. The van der Waals surface area contributed by atoms with E-state index in [1.54, 1.807) is 54.6 Å². The number of fused-ring (bicyclic) bond motifs is 1. The summed E-state index contributed by atoms with van der Waals surface area (Å²) in [7, 11) is -3.64. The molecule has 3 rings (SSSR count). The largest absolute Gasteiger partial charge is 0.269 e. The average Bonchev–Trinajstić information content (AvgIpc) is 2.83. The van der Waals surface area contributed by atoms with E-state index in [-0.39, 0.29) is 4.90 Å². The summed E-state index contributed by atoms with van der Waals surface area (Å²) in [4.78, 5) is 3.61. The van der Waals surface area contributed by atoms with Crippen molar-refractivity contribution in [1.82, 2.24) is 3.97 Å². The summed E-state index contributed by atoms with van der Waals surface area (Å²) in [6.45, 7) is 7.03. The van der Waals surface area contributed by atoms with Gasteiger partial charge in [0.2, 0.25) is 0 Å². The Morgan fingerprint density at radius 1 is 1.05 bits per heavy atom. The molecule has 0 atom stereocenters. The first-order valence-electron chi connectivity index (χ1n) is 6.03. The molecule has 0 bridgehead atoms. The van der Waals surface area contributed by atoms with E-state index in [9.17, 15) is 8.42 Å². The Labute approximate surface area is 136 Å². The van der Waals surface area contributed by atoms with Gasteiger partial charge in [0.15, 0.2) is 5.69 Å². The molecule has 104 valence electrons. The minimum atomic E-state index is -3.64. The van der Waals surface area contributed by atoms with E-state index in [1.165, 1.54) is 3.97 Å². The lowest BCUT2D eigenvalue weighted by Gasteiger charge is -2.09. The molecule has 0 spiro atoms. The normalized spacial score (nSPS) is 11.4. The molecule has 0 aliphatic carbocycles. The summed E-state index contributed by atoms with van der Waals surface area (Å²) in [5, 5.41) is 0.743. The summed E-state index contributed by atoms with van der Waals surface area (Å²) in [5.41, 5.74) is 1.07. The Morgan fingerprint density at radius 3 is 2.43 bits per heavy atom. The maximum Gasteiger partial charge on any atom is 0.269 e. The molecule has 6 heteroatoms. The Kier molecular flexibility index (Phi) is 3.47. The fraction of sp³-hybridized carbons (Fsp3) is 0. The Morgan fingerprint density at radius 2 is 1.76 bits per heavy atom. The molecule has 2 aromatic carbocycles. The minimum absolute atomic E-state index is 0.245. The molecule has 0 unspecified atom stereocenters. The third kappa shape index (κ3) is 2.32. The maximum absolute atomic E-state index is 12.8. The van der Waals surface area contributed by atoms with E-state index in [4.69, 9.17) is 6.57 Å². The summed E-state index contributed by atoms with van der Waals surface area (Å²) in [6.07, 6.45) is 0. The van der Waals surface area contributed by atoms with Crippen molar-refractivity contribution in [2.75, 3.05) is 0 Å². The molecule has 0 N–H and O–H groups in total. The van der Waals surface area contributed by atoms with Gasteiger partial charge in [0.05, 0.1) is 20.7 Å². The van der Waals surface area contributed by atoms with Crippen LogP contribution >= 0.6 is 22.6 Å². The number of hydrogen-bond acceptors (Lipinski definition) is 2. The van der Waals surface area contributed by atoms with E-state index in [2.05, 4.69) is 4.85 Å². The molecule has 1 aromatic heterocycles. The summed E-state index contributed by atoms with van der Waals surface area (Å²) < 4.78 is 27.5. The van der Waals surface area contributed by atoms with Crippen molar-refractivity contribution in [1.29, 1.82) is 0 Å². The monoisotopic (exact) mass is 408 g/mol. The van der Waals surface area contributed by atoms with Gasteiger partial charge >= 0.3 is 0 Å². The first-order valence-corrected chi connectivity index (χ1v) is 8.55. The highest BCUT2D eigenvalue weighted by molar-refractivity contribution is 14.1. The van der Waals surface area contributed by atoms with Crippen LogP contribution in [0.2, 0.25) is 0 Å². The number of benzene rings is 2. The second kappa shape index (κ2) is 5.16. The van der Waals surface area contributed by atoms with Crippen LogP contribution in [0.3, 0.4) is 0 Å². The molecule has 0 fully saturated rings. The van der Waals surface area contributed by atoms with Gasteiger partial charge < -0.3 is 0 Å². The molecule has 3 aromatic rings. The van der Waals surface area contributed by atoms with Crippen LogP contribution in [0.4, 0.5) is 5.69 Å². The molecule has 0 saturated heterocycles. The lowest BCUT2D eigenvalue weighted by atomic mass is 10.2. The molecule has 21 heavy (non-hydrogen) atoms. The maximum atomic E-state index is 12.8. The molecule has 1 heterocycles. The first-order chi connectivity index (χ1) is 10.0. The van der Waals surface area contributed by atoms with Crippen molar-refractivity contribution < 1.29 is 8.42 Å². The van der Waals surface area contributed by atoms with Crippen LogP contribution in [-0.4, -0.2) is 12.4 Å². The van der Waals surface area contributed by atoms with Gasteiger partial charge in [-0.15, -0.1) is 0 Å². The Hall–Kier alpha value is -1.85. The van der Waals surface area contributed by atoms with E-state index in [0.717, 1.165) is 5.39 Å². The number of hydrogen-bond donors (Lipinski definition) is 0. The van der Waals surface area contributed by atoms with Crippen molar-refractivity contribution in [3.05, 3.63) is 69.7 Å². The van der Waals surface area contributed by atoms with Gasteiger partial charge in [0.1, 0.15) is 0 Å². The van der Waals surface area contributed by atoms with Gasteiger partial charge in [-0.1, -0.05) is 24.3 Å². The Bertz CT molecular complexity index is 970. The molecule has 0 radical (unpaired) electrons. The van der Waals surface area contributed by atoms with Gasteiger partial charge in [0.25, 0.3) is 10.0 Å². The molecule has 0 aliphatic heterocycles. The minimum Gasteiger partial charge on any atom is -0.238 e. The third-order valence-electron chi connectivity index (χ3n) is 3.11. The number of halogens is 1. The summed E-state index contributed by atoms with van der Waals surface area (Å²) in [6, 6.07) is 15.1. The van der Waals surface area contributed by atoms with Gasteiger partial charge in [0, 0.05) is 0 Å². The fourth-order valence-corrected chi connectivity index (χ4v) is 4.95. The number of nitrogens with zero attached hydrogens (tertiary/aromatic N) is 2. The lowest BCUT2D eigenvalue weighted by molar-refractivity contribution is 0.588. The van der Waals surface area contributed by atoms with E-state index in [0.29, 0.717) is 14.9 Å². The number of aromatic nitrogens is 1. The molecule has 0 saturated carbocycles. The van der Waals surface area contributed by atoms with Crippen molar-refractivity contribution in [2.24, 2.45) is 0 Å². The van der Waals surface area contributed by atoms with Gasteiger partial charge in [-0.25, -0.2) is 17.2 Å². The fourth-order valence-electron chi connectivity index (χ4n) is 2.16. The highest BCUT2D eigenvalue weighted by atomic mass is 127. The zero-order valence-corrected chi connectivity index (χ0v) is 13.7. The van der Waals surface area contributed by atoms with Crippen molar-refractivity contribution >= 4 is 49.2 Å². The quantitative estimate of drug-likeness (QED) is 0.475. The Balaban J connectivity index is 2.31. The van der Waals surface area contributed by atoms with E-state index >= 15 is 0 Å². The third-order valence-corrected chi connectivity index (χ3v) is 5.97. The van der Waals surface area contributed by atoms with Gasteiger partial charge in [-0.2, -0.15) is 0 Å². The second-order valence-corrected chi connectivity index (χ2v) is 7.30. The van der Waals surface area contributed by atoms with E-state index < -0.39 is 10.0 Å². The standard InChI is InChI=1S/C15H9IN2O2S/c1-17-12-7-8-14-11(9-12)10-15(16)18(14)21(19,20)13-5-3-2-4-6-13/h2-10H. The van der Waals surface area contributed by atoms with Crippen LogP contribution in [0.25, 0.3) is 15.7 Å². The zero-order valence-electron chi connectivity index (χ0n) is 10.7. The average molecular weight is 408 g/mol. The number of rotatable bonds is 2. The van der Waals surface area contributed by atoms with Crippen LogP contribution in [0, 0.1) is 10.3 Å². The van der Waals surface area contributed by atoms with Crippen molar-refractivity contribution in [3.8, 4) is 0 Å². The zero-order chi connectivity index (χ0) is 15.0. The van der Waals surface area contributed by atoms with Crippen LogP contribution < -0.4 is 0 Å². The molecular weight excluding hydrogens is 399 g/mol. The van der Waals surface area contributed by atoms with Crippen LogP contribution in [0.5, 0.6) is 0 Å². The highest BCUT2D eigenvalue weighted by Crippen LogP contribution is 2.29. The van der Waals surface area contributed by atoms with Gasteiger partial charge in [-0.05, 0) is 58.3 Å². The summed E-state index contributed by atoms with van der Waals surface area (Å²) in [5.74, 6) is 0. The predicted molar refractivity (Wildman–Crippen MR) is 89.9 cm³/mol. The molecule has 0 aliphatic rings. The smallest absolute Gasteiger partial charge is 0.238 e. The lowest BCUT2D eigenvalue weighted by Crippen LogP contribution is -2.14. The van der Waals surface area contributed by atoms with E-state index in [1.807, 2.05) is 22.6 Å². The van der Waals surface area contributed by atoms with Crippen LogP contribution in [0.15, 0.2) is 59.5 Å². The van der Waals surface area contributed by atoms with Crippen molar-refractivity contribution in [2.45, 2.75) is 4.90 Å². The van der Waals surface area contributed by atoms with Crippen LogP contribution in [0.1, 0.15) is 0 Å². The van der Waals surface area contributed by atoms with Crippen molar-refractivity contribution in [3.63, 3.8) is 0 Å². The highest BCUT2D eigenvalue weighted by Gasteiger charge is 2.21. The first kappa shape index (κ1) is 14.1. The second-order valence-electron chi connectivity index (χ2n) is 4.40. The predicted octanol–water partition coefficient (Wildman–Crippen LogP) is 4.03. The van der Waals surface area contributed by atoms with Gasteiger partial charge in [-0.3, -0.25) is 0 Å². The molecular formula is C15H9IN2O2S. The summed E-state index contributed by atoms with van der Waals surface area (Å²) >= 11 is 2.00. The topological polar surface area (TPSA) is 43.4 Å². The molecule has 0 amide bonds. The van der Waals surface area contributed by atoms with Crippen LogP contribution in [-0.2, 0) is 10.0 Å².